The quantitative estimate of drug-likeness (QED) is 0.596. The minimum Gasteiger partial charge on any atom is -0.507 e. The minimum atomic E-state index is -0.172. The van der Waals surface area contributed by atoms with E-state index in [-0.39, 0.29) is 11.5 Å². The Labute approximate surface area is 153 Å². The van der Waals surface area contributed by atoms with Gasteiger partial charge in [0.2, 0.25) is 5.78 Å². The molecule has 122 valence electrons. The molecule has 6 heteroatoms. The van der Waals surface area contributed by atoms with Crippen LogP contribution in [0, 0.1) is 0 Å². The molecule has 0 aliphatic heterocycles. The molecular formula is C18H12Cl2O3S. The van der Waals surface area contributed by atoms with E-state index in [1.807, 2.05) is 5.38 Å². The number of hydrogen-bond donors (Lipinski definition) is 1. The highest BCUT2D eigenvalue weighted by Crippen LogP contribution is 2.41. The van der Waals surface area contributed by atoms with Crippen molar-refractivity contribution >= 4 is 40.3 Å². The van der Waals surface area contributed by atoms with Gasteiger partial charge in [0.1, 0.15) is 11.5 Å². The van der Waals surface area contributed by atoms with Crippen LogP contribution in [-0.4, -0.2) is 18.0 Å². The average Bonchev–Trinajstić information content (AvgIpc) is 3.06. The zero-order valence-corrected chi connectivity index (χ0v) is 14.9. The van der Waals surface area contributed by atoms with Crippen molar-refractivity contribution in [2.24, 2.45) is 0 Å². The fraction of sp³-hybridized carbons (Fsp3) is 0.0556. The average molecular weight is 378 g/mol. The van der Waals surface area contributed by atoms with Gasteiger partial charge in [-0.25, -0.2) is 0 Å². The lowest BCUT2D eigenvalue weighted by atomic mass is 9.99. The molecule has 0 aliphatic rings. The van der Waals surface area contributed by atoms with Crippen LogP contribution in [0.5, 0.6) is 11.5 Å². The van der Waals surface area contributed by atoms with E-state index in [2.05, 4.69) is 0 Å². The molecule has 1 heterocycles. The van der Waals surface area contributed by atoms with Crippen LogP contribution in [0.1, 0.15) is 15.2 Å². The number of carbonyl (C=O) groups is 1. The zero-order valence-electron chi connectivity index (χ0n) is 12.5. The summed E-state index contributed by atoms with van der Waals surface area (Å²) in [5.74, 6) is 0.120. The fourth-order valence-electron chi connectivity index (χ4n) is 2.43. The normalized spacial score (nSPS) is 10.6. The standard InChI is InChI=1S/C18H12Cl2O3S/c1-23-15-8-11(18(22)16-3-2-4-24-16)7-14(21)17(15)10-5-12(19)9-13(20)6-10/h2-9,21H,1H3/i1-1. The number of phenolic OH excluding ortho intramolecular Hbond substituents is 1. The lowest BCUT2D eigenvalue weighted by molar-refractivity contribution is 0.104. The Morgan fingerprint density at radius 3 is 2.42 bits per heavy atom. The summed E-state index contributed by atoms with van der Waals surface area (Å²) in [6.45, 7) is 0. The van der Waals surface area contributed by atoms with E-state index in [9.17, 15) is 9.90 Å². The second-order valence-electron chi connectivity index (χ2n) is 5.04. The van der Waals surface area contributed by atoms with Gasteiger partial charge in [-0.1, -0.05) is 29.3 Å². The Morgan fingerprint density at radius 2 is 1.83 bits per heavy atom. The smallest absolute Gasteiger partial charge is 0.203 e. The van der Waals surface area contributed by atoms with Gasteiger partial charge >= 0.3 is 0 Å². The maximum Gasteiger partial charge on any atom is 0.203 e. The third kappa shape index (κ3) is 3.26. The first-order chi connectivity index (χ1) is 11.5. The lowest BCUT2D eigenvalue weighted by Crippen LogP contribution is -2.00. The Hall–Kier alpha value is -2.01. The van der Waals surface area contributed by atoms with Crippen molar-refractivity contribution in [3.63, 3.8) is 0 Å². The molecule has 3 aromatic rings. The van der Waals surface area contributed by atoms with Gasteiger partial charge in [-0.2, -0.15) is 0 Å². The number of thiophene rings is 1. The molecule has 0 radical (unpaired) electrons. The number of benzene rings is 2. The van der Waals surface area contributed by atoms with Crippen LogP contribution < -0.4 is 4.74 Å². The first-order valence-electron chi connectivity index (χ1n) is 6.95. The number of hydrogen-bond acceptors (Lipinski definition) is 4. The summed E-state index contributed by atoms with van der Waals surface area (Å²) in [6.07, 6.45) is 0. The van der Waals surface area contributed by atoms with Crippen LogP contribution in [0.4, 0.5) is 0 Å². The SMILES string of the molecule is [11CH3]Oc1cc(C(=O)c2cccs2)cc(O)c1-c1cc(Cl)cc(Cl)c1. The van der Waals surface area contributed by atoms with Gasteiger partial charge in [-0.05, 0) is 47.3 Å². The molecule has 1 aromatic heterocycles. The predicted molar refractivity (Wildman–Crippen MR) is 97.9 cm³/mol. The van der Waals surface area contributed by atoms with Crippen LogP contribution in [0.15, 0.2) is 47.8 Å². The largest absolute Gasteiger partial charge is 0.507 e. The molecule has 0 atom stereocenters. The molecule has 0 spiro atoms. The van der Waals surface area contributed by atoms with Crippen molar-refractivity contribution in [2.45, 2.75) is 0 Å². The zero-order chi connectivity index (χ0) is 17.3. The van der Waals surface area contributed by atoms with Gasteiger partial charge in [0.05, 0.1) is 17.6 Å². The monoisotopic (exact) mass is 377 g/mol. The van der Waals surface area contributed by atoms with Gasteiger partial charge in [-0.15, -0.1) is 11.3 Å². The first kappa shape index (κ1) is 16.8. The Kier molecular flexibility index (Phi) is 4.81. The summed E-state index contributed by atoms with van der Waals surface area (Å²) < 4.78 is 5.37. The lowest BCUT2D eigenvalue weighted by Gasteiger charge is -2.13. The predicted octanol–water partition coefficient (Wildman–Crippen LogP) is 5.67. The molecule has 0 saturated carbocycles. The highest BCUT2D eigenvalue weighted by molar-refractivity contribution is 7.12. The van der Waals surface area contributed by atoms with Gasteiger partial charge in [-0.3, -0.25) is 4.79 Å². The van der Waals surface area contributed by atoms with Crippen LogP contribution in [-0.2, 0) is 0 Å². The highest BCUT2D eigenvalue weighted by atomic mass is 35.5. The summed E-state index contributed by atoms with van der Waals surface area (Å²) >= 11 is 13.4. The third-order valence-corrected chi connectivity index (χ3v) is 4.76. The summed E-state index contributed by atoms with van der Waals surface area (Å²) in [6, 6.07) is 11.5. The van der Waals surface area contributed by atoms with Crippen molar-refractivity contribution in [2.75, 3.05) is 7.11 Å². The Balaban J connectivity index is 2.13. The van der Waals surface area contributed by atoms with E-state index >= 15 is 0 Å². The summed E-state index contributed by atoms with van der Waals surface area (Å²) in [5.41, 5.74) is 1.39. The van der Waals surface area contributed by atoms with Crippen LogP contribution in [0.2, 0.25) is 10.0 Å². The highest BCUT2D eigenvalue weighted by Gasteiger charge is 2.19. The van der Waals surface area contributed by atoms with Crippen molar-refractivity contribution in [3.8, 4) is 22.6 Å². The van der Waals surface area contributed by atoms with Crippen molar-refractivity contribution in [3.05, 3.63) is 68.3 Å². The number of ether oxygens (including phenoxy) is 1. The number of rotatable bonds is 4. The van der Waals surface area contributed by atoms with Crippen molar-refractivity contribution in [1.82, 2.24) is 0 Å². The van der Waals surface area contributed by atoms with E-state index in [1.165, 1.54) is 24.5 Å². The molecule has 0 unspecified atom stereocenters. The summed E-state index contributed by atoms with van der Waals surface area (Å²) in [7, 11) is 1.48. The molecule has 0 fully saturated rings. The number of aromatic hydroxyl groups is 1. The first-order valence-corrected chi connectivity index (χ1v) is 8.59. The fourth-order valence-corrected chi connectivity index (χ4v) is 3.64. The molecule has 24 heavy (non-hydrogen) atoms. The van der Waals surface area contributed by atoms with Crippen molar-refractivity contribution in [1.29, 1.82) is 0 Å². The van der Waals surface area contributed by atoms with Gasteiger partial charge < -0.3 is 9.84 Å². The van der Waals surface area contributed by atoms with E-state index in [4.69, 9.17) is 27.9 Å². The molecular weight excluding hydrogens is 366 g/mol. The third-order valence-electron chi connectivity index (χ3n) is 3.46. The molecule has 0 saturated heterocycles. The molecule has 3 rings (SSSR count). The molecule has 0 aliphatic carbocycles. The van der Waals surface area contributed by atoms with Crippen LogP contribution >= 0.6 is 34.5 Å². The second kappa shape index (κ2) is 6.85. The minimum absolute atomic E-state index is 0.0763. The van der Waals surface area contributed by atoms with Crippen LogP contribution in [0.3, 0.4) is 0 Å². The Bertz CT molecular complexity index is 885. The Morgan fingerprint density at radius 1 is 1.12 bits per heavy atom. The molecule has 3 nitrogen and oxygen atoms in total. The maximum absolute atomic E-state index is 12.5. The van der Waals surface area contributed by atoms with E-state index in [0.717, 1.165) is 0 Å². The van der Waals surface area contributed by atoms with Gasteiger partial charge in [0, 0.05) is 15.6 Å². The van der Waals surface area contributed by atoms with E-state index in [1.54, 1.807) is 36.4 Å². The number of halogens is 2. The second-order valence-corrected chi connectivity index (χ2v) is 6.86. The topological polar surface area (TPSA) is 46.5 Å². The van der Waals surface area contributed by atoms with Crippen LogP contribution in [0.25, 0.3) is 11.1 Å². The van der Waals surface area contributed by atoms with E-state index in [0.29, 0.717) is 37.4 Å². The molecule has 1 N–H and O–H groups in total. The number of phenols is 1. The number of carbonyl (C=O) groups excluding carboxylic acids is 1. The molecule has 0 bridgehead atoms. The number of methoxy groups -OCH3 is 1. The maximum atomic E-state index is 12.5. The molecule has 2 aromatic carbocycles. The molecule has 0 amide bonds. The number of ketones is 1. The van der Waals surface area contributed by atoms with Crippen molar-refractivity contribution < 1.29 is 14.6 Å². The van der Waals surface area contributed by atoms with E-state index < -0.39 is 0 Å². The van der Waals surface area contributed by atoms with Gasteiger partial charge in [0.15, 0.2) is 0 Å². The summed E-state index contributed by atoms with van der Waals surface area (Å²) in [5, 5.41) is 13.2. The van der Waals surface area contributed by atoms with Gasteiger partial charge in [0.25, 0.3) is 0 Å². The summed E-state index contributed by atoms with van der Waals surface area (Å²) in [4.78, 5) is 13.1.